The molecule has 0 N–H and O–H groups in total. The quantitative estimate of drug-likeness (QED) is 0.389. The molecule has 2 heterocycles. The van der Waals surface area contributed by atoms with Gasteiger partial charge in [-0.3, -0.25) is 0 Å². The molecule has 3 aromatic rings. The Morgan fingerprint density at radius 1 is 1.18 bits per heavy atom. The van der Waals surface area contributed by atoms with Crippen molar-refractivity contribution < 1.29 is 19.0 Å². The van der Waals surface area contributed by atoms with Crippen LogP contribution in [-0.4, -0.2) is 31.8 Å². The number of pyridine rings is 1. The van der Waals surface area contributed by atoms with E-state index in [0.717, 1.165) is 31.8 Å². The van der Waals surface area contributed by atoms with Gasteiger partial charge >= 0.3 is 5.97 Å². The first-order valence-electron chi connectivity index (χ1n) is 8.84. The van der Waals surface area contributed by atoms with Gasteiger partial charge in [-0.25, -0.2) is 9.78 Å². The molecule has 0 atom stereocenters. The monoisotopic (exact) mass is 419 g/mol. The number of rotatable bonds is 6. The minimum Gasteiger partial charge on any atom is -0.493 e. The van der Waals surface area contributed by atoms with E-state index in [4.69, 9.17) is 25.8 Å². The molecular formula is C21H22ClNO4S. The number of nitrogens with zero attached hydrogens (tertiary/aromatic N) is 1. The molecule has 0 aliphatic rings. The first kappa shape index (κ1) is 20.4. The van der Waals surface area contributed by atoms with Crippen molar-refractivity contribution in [2.75, 3.05) is 20.8 Å². The minimum absolute atomic E-state index is 0.111. The third kappa shape index (κ3) is 3.42. The minimum atomic E-state index is -0.430. The van der Waals surface area contributed by atoms with E-state index in [1.165, 1.54) is 0 Å². The average molecular weight is 420 g/mol. The highest BCUT2D eigenvalue weighted by atomic mass is 35.5. The maximum absolute atomic E-state index is 12.9. The Kier molecular flexibility index (Phi) is 6.10. The largest absolute Gasteiger partial charge is 0.493 e. The highest BCUT2D eigenvalue weighted by Gasteiger charge is 2.26. The molecule has 148 valence electrons. The summed E-state index contributed by atoms with van der Waals surface area (Å²) < 4.78 is 16.2. The van der Waals surface area contributed by atoms with Crippen LogP contribution in [0.5, 0.6) is 11.5 Å². The van der Waals surface area contributed by atoms with Crippen molar-refractivity contribution in [3.63, 3.8) is 0 Å². The zero-order valence-electron chi connectivity index (χ0n) is 16.5. The van der Waals surface area contributed by atoms with Crippen LogP contribution in [0.1, 0.15) is 33.4 Å². The summed E-state index contributed by atoms with van der Waals surface area (Å²) >= 11 is 7.77. The van der Waals surface area contributed by atoms with Gasteiger partial charge in [0.15, 0.2) is 11.5 Å². The van der Waals surface area contributed by atoms with Crippen molar-refractivity contribution in [1.82, 2.24) is 4.98 Å². The Hall–Kier alpha value is -2.31. The number of halogens is 1. The van der Waals surface area contributed by atoms with Gasteiger partial charge in [-0.1, -0.05) is 6.07 Å². The van der Waals surface area contributed by atoms with E-state index in [2.05, 4.69) is 4.98 Å². The second-order valence-corrected chi connectivity index (χ2v) is 7.67. The van der Waals surface area contributed by atoms with Crippen molar-refractivity contribution in [3.05, 3.63) is 39.9 Å². The number of esters is 1. The molecule has 2 aromatic heterocycles. The van der Waals surface area contributed by atoms with Crippen LogP contribution in [0.15, 0.2) is 18.2 Å². The Balaban J connectivity index is 2.44. The molecule has 28 heavy (non-hydrogen) atoms. The molecule has 0 aliphatic carbocycles. The topological polar surface area (TPSA) is 57.7 Å². The summed E-state index contributed by atoms with van der Waals surface area (Å²) in [7, 11) is 3.17. The number of benzene rings is 1. The summed E-state index contributed by atoms with van der Waals surface area (Å²) in [6.07, 6.45) is 0. The van der Waals surface area contributed by atoms with Gasteiger partial charge in [0.1, 0.15) is 4.83 Å². The third-order valence-corrected chi connectivity index (χ3v) is 6.02. The molecule has 0 saturated heterocycles. The fourth-order valence-corrected chi connectivity index (χ4v) is 4.48. The molecule has 0 amide bonds. The van der Waals surface area contributed by atoms with Gasteiger partial charge in [-0.15, -0.1) is 22.9 Å². The molecule has 7 heteroatoms. The van der Waals surface area contributed by atoms with Gasteiger partial charge in [0, 0.05) is 15.8 Å². The summed E-state index contributed by atoms with van der Waals surface area (Å²) in [6.45, 7) is 6.13. The van der Waals surface area contributed by atoms with Crippen LogP contribution in [0.3, 0.4) is 0 Å². The summed E-state index contributed by atoms with van der Waals surface area (Å²) in [4.78, 5) is 19.6. The van der Waals surface area contributed by atoms with Crippen molar-refractivity contribution >= 4 is 39.1 Å². The number of carbonyl (C=O) groups excluding carboxylic acids is 1. The van der Waals surface area contributed by atoms with Crippen LogP contribution in [-0.2, 0) is 10.6 Å². The van der Waals surface area contributed by atoms with Crippen LogP contribution < -0.4 is 9.47 Å². The van der Waals surface area contributed by atoms with Gasteiger partial charge < -0.3 is 14.2 Å². The van der Waals surface area contributed by atoms with Gasteiger partial charge in [0.05, 0.1) is 38.0 Å². The number of aryl methyl sites for hydroxylation is 2. The number of hydrogen-bond acceptors (Lipinski definition) is 6. The first-order valence-corrected chi connectivity index (χ1v) is 10.2. The van der Waals surface area contributed by atoms with Crippen molar-refractivity contribution in [3.8, 4) is 22.6 Å². The van der Waals surface area contributed by atoms with Crippen LogP contribution in [0.25, 0.3) is 21.3 Å². The highest BCUT2D eigenvalue weighted by Crippen LogP contribution is 2.42. The van der Waals surface area contributed by atoms with E-state index >= 15 is 0 Å². The number of fused-ring (bicyclic) bond motifs is 1. The van der Waals surface area contributed by atoms with Gasteiger partial charge in [-0.05, 0) is 44.0 Å². The summed E-state index contributed by atoms with van der Waals surface area (Å²) in [5, 5.41) is 0.937. The van der Waals surface area contributed by atoms with Crippen LogP contribution in [0.2, 0.25) is 0 Å². The number of thiophene rings is 1. The maximum Gasteiger partial charge on any atom is 0.340 e. The average Bonchev–Trinajstić information content (AvgIpc) is 2.99. The molecule has 0 radical (unpaired) electrons. The second kappa shape index (κ2) is 8.37. The first-order chi connectivity index (χ1) is 13.5. The second-order valence-electron chi connectivity index (χ2n) is 6.20. The van der Waals surface area contributed by atoms with E-state index in [0.29, 0.717) is 22.8 Å². The van der Waals surface area contributed by atoms with E-state index < -0.39 is 5.97 Å². The van der Waals surface area contributed by atoms with Gasteiger partial charge in [0.25, 0.3) is 0 Å². The summed E-state index contributed by atoms with van der Waals surface area (Å²) in [6, 6.07) is 5.59. The van der Waals surface area contributed by atoms with E-state index in [1.54, 1.807) is 32.5 Å². The Labute approximate surface area is 173 Å². The normalized spacial score (nSPS) is 10.9. The molecule has 5 nitrogen and oxygen atoms in total. The number of ether oxygens (including phenoxy) is 3. The van der Waals surface area contributed by atoms with E-state index in [-0.39, 0.29) is 12.5 Å². The third-order valence-electron chi connectivity index (χ3n) is 4.67. The maximum atomic E-state index is 12.9. The number of aromatic nitrogens is 1. The Morgan fingerprint density at radius 2 is 1.89 bits per heavy atom. The number of methoxy groups -OCH3 is 2. The lowest BCUT2D eigenvalue weighted by Gasteiger charge is -2.16. The fourth-order valence-electron chi connectivity index (χ4n) is 3.23. The highest BCUT2D eigenvalue weighted by molar-refractivity contribution is 7.18. The van der Waals surface area contributed by atoms with Gasteiger partial charge in [-0.2, -0.15) is 0 Å². The van der Waals surface area contributed by atoms with E-state index in [9.17, 15) is 4.79 Å². The molecule has 1 aromatic carbocycles. The van der Waals surface area contributed by atoms with E-state index in [1.807, 2.05) is 32.0 Å². The smallest absolute Gasteiger partial charge is 0.340 e. The van der Waals surface area contributed by atoms with Crippen molar-refractivity contribution in [2.24, 2.45) is 0 Å². The predicted octanol–water partition coefficient (Wildman–Crippen LogP) is 5.51. The molecule has 0 aliphatic heterocycles. The SMILES string of the molecule is CCOC(=O)c1c(CCl)nc2sc(C)c(C)c2c1-c1ccc(OC)c(OC)c1. The summed E-state index contributed by atoms with van der Waals surface area (Å²) in [5.74, 6) is 0.878. The van der Waals surface area contributed by atoms with Crippen LogP contribution in [0, 0.1) is 13.8 Å². The molecule has 3 rings (SSSR count). The Morgan fingerprint density at radius 3 is 2.50 bits per heavy atom. The van der Waals surface area contributed by atoms with Crippen LogP contribution in [0.4, 0.5) is 0 Å². The molecular weight excluding hydrogens is 398 g/mol. The molecule has 0 spiro atoms. The van der Waals surface area contributed by atoms with Gasteiger partial charge in [0.2, 0.25) is 0 Å². The summed E-state index contributed by atoms with van der Waals surface area (Å²) in [5.41, 5.74) is 3.59. The number of alkyl halides is 1. The van der Waals surface area contributed by atoms with Crippen molar-refractivity contribution in [2.45, 2.75) is 26.7 Å². The van der Waals surface area contributed by atoms with Crippen LogP contribution >= 0.6 is 22.9 Å². The number of hydrogen-bond donors (Lipinski definition) is 0. The lowest BCUT2D eigenvalue weighted by atomic mass is 9.94. The standard InChI is InChI=1S/C21H22ClNO4S/c1-6-27-21(24)19-14(10-22)23-20-17(11(2)12(3)28-20)18(19)13-7-8-15(25-4)16(9-13)26-5/h7-9H,6,10H2,1-5H3. The lowest BCUT2D eigenvalue weighted by molar-refractivity contribution is 0.0526. The molecule has 0 fully saturated rings. The molecule has 0 unspecified atom stereocenters. The molecule has 0 bridgehead atoms. The lowest BCUT2D eigenvalue weighted by Crippen LogP contribution is -2.11. The zero-order valence-corrected chi connectivity index (χ0v) is 18.1. The molecule has 0 saturated carbocycles. The Bertz CT molecular complexity index is 1040. The fraction of sp³-hybridized carbons (Fsp3) is 0.333. The zero-order chi connectivity index (χ0) is 20.4. The number of carbonyl (C=O) groups is 1. The van der Waals surface area contributed by atoms with Crippen molar-refractivity contribution in [1.29, 1.82) is 0 Å². The predicted molar refractivity (Wildman–Crippen MR) is 113 cm³/mol.